The maximum Gasteiger partial charge on any atom is 3.00 e. The van der Waals surface area contributed by atoms with Crippen LogP contribution in [0.2, 0.25) is 0 Å². The van der Waals surface area contributed by atoms with Gasteiger partial charge >= 0.3 is 38.2 Å². The van der Waals surface area contributed by atoms with Gasteiger partial charge < -0.3 is 19.2 Å². The molecule has 0 aliphatic carbocycles. The molecule has 39 valence electrons. The minimum atomic E-state index is -5.36. The fourth-order valence-corrected chi connectivity index (χ4v) is 0. The predicted molar refractivity (Wildman–Crippen MR) is 7.97 cm³/mol. The van der Waals surface area contributed by atoms with Crippen LogP contribution in [0.25, 0.3) is 0 Å². The van der Waals surface area contributed by atoms with Gasteiger partial charge in [-0.15, -0.1) is 9.05 Å². The predicted octanol–water partition coefficient (Wildman–Crippen LogP) is -4.50. The molecule has 0 amide bonds. The molecule has 0 fully saturated rings. The first-order chi connectivity index (χ1) is 2.00. The minimum absolute atomic E-state index is 0. The first kappa shape index (κ1) is 10.3. The largest absolute Gasteiger partial charge is 3.00 e. The molecule has 0 atom stereocenters. The molecule has 0 saturated carbocycles. The quantitative estimate of drug-likeness (QED) is 0.442. The van der Waals surface area contributed by atoms with E-state index in [2.05, 4.69) is 0 Å². The first-order valence-electron chi connectivity index (χ1n) is 0.836. The Labute approximate surface area is 66.0 Å². The van der Waals surface area contributed by atoms with Crippen molar-refractivity contribution >= 4 is 9.05 Å². The molecular weight excluding hydrogens is 255 g/mol. The Morgan fingerprint density at radius 1 is 1.17 bits per heavy atom. The molecular formula is HDyO4Si. The molecule has 0 heterocycles. The van der Waals surface area contributed by atoms with Crippen molar-refractivity contribution in [3.05, 3.63) is 0 Å². The van der Waals surface area contributed by atoms with Crippen molar-refractivity contribution in [2.75, 3.05) is 0 Å². The Kier molecular flexibility index (Phi) is 5.77. The fraction of sp³-hybridized carbons (Fsp3) is 0. The summed E-state index contributed by atoms with van der Waals surface area (Å²) in [5.74, 6) is 0. The second-order valence-electron chi connectivity index (χ2n) is 0.524. The van der Waals surface area contributed by atoms with E-state index in [0.29, 0.717) is 0 Å². The molecule has 6 heavy (non-hydrogen) atoms. The van der Waals surface area contributed by atoms with E-state index in [0.717, 1.165) is 0 Å². The zero-order valence-electron chi connectivity index (χ0n) is 2.49. The van der Waals surface area contributed by atoms with Crippen LogP contribution in [0.15, 0.2) is 0 Å². The summed E-state index contributed by atoms with van der Waals surface area (Å²) in [6, 6.07) is 0. The van der Waals surface area contributed by atoms with Gasteiger partial charge in [-0.05, 0) is 0 Å². The van der Waals surface area contributed by atoms with Crippen molar-refractivity contribution in [2.24, 2.45) is 0 Å². The topological polar surface area (TPSA) is 89.4 Å². The molecule has 0 unspecified atom stereocenters. The second kappa shape index (κ2) is 3.35. The molecule has 1 N–H and O–H groups in total. The third kappa shape index (κ3) is 56.5. The number of rotatable bonds is 0. The molecule has 0 rings (SSSR count). The maximum atomic E-state index is 8.69. The third-order valence-corrected chi connectivity index (χ3v) is 0. The summed E-state index contributed by atoms with van der Waals surface area (Å²) in [7, 11) is -5.36. The van der Waals surface area contributed by atoms with E-state index in [1.54, 1.807) is 0 Å². The van der Waals surface area contributed by atoms with E-state index >= 15 is 0 Å². The molecule has 0 aliphatic rings. The van der Waals surface area contributed by atoms with Crippen LogP contribution >= 0.6 is 0 Å². The summed E-state index contributed by atoms with van der Waals surface area (Å²) in [6.07, 6.45) is 0. The number of hydrogen-bond acceptors (Lipinski definition) is 4. The van der Waals surface area contributed by atoms with Crippen molar-refractivity contribution in [3.8, 4) is 0 Å². The monoisotopic (exact) mass is 257 g/mol. The van der Waals surface area contributed by atoms with E-state index in [9.17, 15) is 0 Å². The van der Waals surface area contributed by atoms with Crippen LogP contribution in [0.3, 0.4) is 0 Å². The number of hydrogen-bond donors (Lipinski definition) is 1. The van der Waals surface area contributed by atoms with Gasteiger partial charge in [0.25, 0.3) is 0 Å². The molecule has 0 aromatic carbocycles. The van der Waals surface area contributed by atoms with Gasteiger partial charge in [0, 0.05) is 0 Å². The molecule has 0 aliphatic heterocycles. The molecule has 6 heteroatoms. The Morgan fingerprint density at radius 3 is 1.17 bits per heavy atom. The summed E-state index contributed by atoms with van der Waals surface area (Å²) < 4.78 is 0. The van der Waals surface area contributed by atoms with Crippen molar-refractivity contribution in [2.45, 2.75) is 0 Å². The van der Waals surface area contributed by atoms with Crippen LogP contribution in [0.1, 0.15) is 0 Å². The summed E-state index contributed by atoms with van der Waals surface area (Å²) in [5, 5.41) is 0. The Morgan fingerprint density at radius 2 is 1.17 bits per heavy atom. The van der Waals surface area contributed by atoms with Gasteiger partial charge in [0.1, 0.15) is 0 Å². The molecule has 0 saturated heterocycles. The summed E-state index contributed by atoms with van der Waals surface area (Å²) in [4.78, 5) is 33.1. The normalized spacial score (nSPS) is 10.0. The summed E-state index contributed by atoms with van der Waals surface area (Å²) in [6.45, 7) is 0. The average Bonchev–Trinajstić information content (AvgIpc) is 0.722. The van der Waals surface area contributed by atoms with Crippen molar-refractivity contribution in [3.63, 3.8) is 0 Å². The van der Waals surface area contributed by atoms with E-state index in [-0.39, 0.29) is 38.2 Å². The summed E-state index contributed by atoms with van der Waals surface area (Å²) in [5.41, 5.74) is 0. The molecule has 0 bridgehead atoms. The molecule has 0 aromatic heterocycles. The molecule has 4 nitrogen and oxygen atoms in total. The zero-order chi connectivity index (χ0) is 4.50. The van der Waals surface area contributed by atoms with Gasteiger partial charge in [-0.25, -0.2) is 0 Å². The van der Waals surface area contributed by atoms with Gasteiger partial charge in [0.15, 0.2) is 0 Å². The standard InChI is InChI=1S/Dy.HO4Si/c;1-5(2,3)4/h;1H/q+3;-3. The van der Waals surface area contributed by atoms with Crippen LogP contribution < -0.4 is 14.4 Å². The minimum Gasteiger partial charge on any atom is -0.861 e. The van der Waals surface area contributed by atoms with Crippen molar-refractivity contribution < 1.29 is 57.4 Å². The van der Waals surface area contributed by atoms with Gasteiger partial charge in [-0.1, -0.05) is 0 Å². The fourth-order valence-electron chi connectivity index (χ4n) is 0. The zero-order valence-corrected chi connectivity index (χ0v) is 5.52. The van der Waals surface area contributed by atoms with Gasteiger partial charge in [0.2, 0.25) is 0 Å². The van der Waals surface area contributed by atoms with Crippen molar-refractivity contribution in [1.82, 2.24) is 0 Å². The Bertz CT molecular complexity index is 23.0. The van der Waals surface area contributed by atoms with Gasteiger partial charge in [-0.2, -0.15) is 0 Å². The van der Waals surface area contributed by atoms with Crippen LogP contribution in [-0.2, 0) is 0 Å². The molecule has 0 aromatic rings. The Hall–Kier alpha value is 1.33. The van der Waals surface area contributed by atoms with E-state index in [1.165, 1.54) is 0 Å². The first-order valence-corrected chi connectivity index (χ1v) is 2.51. The van der Waals surface area contributed by atoms with Crippen molar-refractivity contribution in [1.29, 1.82) is 0 Å². The third-order valence-electron chi connectivity index (χ3n) is 0. The van der Waals surface area contributed by atoms with E-state index in [1.807, 2.05) is 0 Å². The van der Waals surface area contributed by atoms with Crippen LogP contribution in [-0.4, -0.2) is 13.8 Å². The van der Waals surface area contributed by atoms with E-state index < -0.39 is 9.05 Å². The van der Waals surface area contributed by atoms with Crippen LogP contribution in [0.5, 0.6) is 0 Å². The van der Waals surface area contributed by atoms with Gasteiger partial charge in [0.05, 0.1) is 0 Å². The maximum absolute atomic E-state index is 8.69. The van der Waals surface area contributed by atoms with Crippen LogP contribution in [0, 0.1) is 38.2 Å². The molecule has 0 spiro atoms. The van der Waals surface area contributed by atoms with E-state index in [4.69, 9.17) is 19.2 Å². The smallest absolute Gasteiger partial charge is 0.861 e. The average molecular weight is 256 g/mol. The Balaban J connectivity index is 0. The SMILES string of the molecule is [Dy+3].[O-][Si]([O-])([O-])O. The summed E-state index contributed by atoms with van der Waals surface area (Å²) >= 11 is 0. The van der Waals surface area contributed by atoms with Gasteiger partial charge in [-0.3, -0.25) is 0 Å². The van der Waals surface area contributed by atoms with Crippen LogP contribution in [0.4, 0.5) is 0 Å². The molecule has 1 radical (unpaired) electrons. The second-order valence-corrected chi connectivity index (χ2v) is 1.57.